The number of β-lactam (4-membered cyclic amide) rings is 1. The number of carbonyl (C=O) groups excluding carboxylic acids is 2. The Labute approximate surface area is 149 Å². The quantitative estimate of drug-likeness (QED) is 0.435. The van der Waals surface area contributed by atoms with Gasteiger partial charge in [-0.25, -0.2) is 0 Å². The number of hydrogen-bond donors (Lipinski definition) is 4. The van der Waals surface area contributed by atoms with Gasteiger partial charge in [-0.2, -0.15) is 0 Å². The Morgan fingerprint density at radius 3 is 2.52 bits per heavy atom. The number of thioether (sulfide) groups is 1. The minimum absolute atomic E-state index is 0.495. The van der Waals surface area contributed by atoms with Crippen LogP contribution in [0.5, 0.6) is 0 Å². The van der Waals surface area contributed by atoms with E-state index < -0.39 is 47.4 Å². The molecule has 0 bridgehead atoms. The van der Waals surface area contributed by atoms with Gasteiger partial charge in [-0.05, 0) is 19.4 Å². The maximum Gasteiger partial charge on any atom is 0.349 e. The molecule has 4 atom stereocenters. The van der Waals surface area contributed by atoms with Crippen LogP contribution in [0.25, 0.3) is 0 Å². The summed E-state index contributed by atoms with van der Waals surface area (Å²) in [5.41, 5.74) is 6.55. The van der Waals surface area contributed by atoms with Crippen LogP contribution in [-0.4, -0.2) is 48.4 Å². The first-order chi connectivity index (χ1) is 11.5. The molecule has 2 amide bonds. The fourth-order valence-electron chi connectivity index (χ4n) is 3.33. The van der Waals surface area contributed by atoms with Gasteiger partial charge in [0.1, 0.15) is 23.2 Å². The number of rotatable bonds is 4. The summed E-state index contributed by atoms with van der Waals surface area (Å²) in [4.78, 5) is 45.1. The number of amides is 2. The van der Waals surface area contributed by atoms with Gasteiger partial charge in [0, 0.05) is 4.75 Å². The fourth-order valence-corrected chi connectivity index (χ4v) is 6.93. The molecule has 3 rings (SSSR count). The van der Waals surface area contributed by atoms with Crippen molar-refractivity contribution in [1.82, 2.24) is 10.2 Å². The molecule has 0 aliphatic carbocycles. The first kappa shape index (κ1) is 18.4. The maximum atomic E-state index is 12.4. The Morgan fingerprint density at radius 2 is 1.96 bits per heavy atom. The van der Waals surface area contributed by atoms with E-state index in [-0.39, 0.29) is 0 Å². The first-order valence-electron chi connectivity index (χ1n) is 7.70. The van der Waals surface area contributed by atoms with Crippen LogP contribution in [0.4, 0.5) is 0 Å². The van der Waals surface area contributed by atoms with Gasteiger partial charge in [-0.1, -0.05) is 30.3 Å². The molecular weight excluding hydrogens is 365 g/mol. The highest BCUT2D eigenvalue weighted by atomic mass is 32.2. The SMILES string of the molecule is CC1(C)S[C@@H]2C(NC(=O)[C@@H](N)c3ccccc3)C(=O)N2C1P(=O)(O)O. The van der Waals surface area contributed by atoms with Gasteiger partial charge in [-0.15, -0.1) is 11.8 Å². The molecule has 2 aliphatic heterocycles. The van der Waals surface area contributed by atoms with E-state index >= 15 is 0 Å². The van der Waals surface area contributed by atoms with E-state index in [2.05, 4.69) is 5.32 Å². The van der Waals surface area contributed by atoms with Crippen molar-refractivity contribution in [1.29, 1.82) is 0 Å². The molecule has 2 saturated heterocycles. The molecule has 0 radical (unpaired) electrons. The van der Waals surface area contributed by atoms with Crippen molar-refractivity contribution in [2.75, 3.05) is 0 Å². The number of benzene rings is 1. The second-order valence-electron chi connectivity index (χ2n) is 6.69. The normalized spacial score (nSPS) is 28.9. The summed E-state index contributed by atoms with van der Waals surface area (Å²) < 4.78 is 11.0. The van der Waals surface area contributed by atoms with Crippen LogP contribution in [0.3, 0.4) is 0 Å². The summed E-state index contributed by atoms with van der Waals surface area (Å²) in [7, 11) is -4.50. The van der Waals surface area contributed by atoms with Crippen molar-refractivity contribution in [2.45, 2.75) is 41.8 Å². The Hall–Kier alpha value is -1.38. The first-order valence-corrected chi connectivity index (χ1v) is 10.3. The molecule has 1 aromatic rings. The van der Waals surface area contributed by atoms with Gasteiger partial charge in [0.15, 0.2) is 0 Å². The summed E-state index contributed by atoms with van der Waals surface area (Å²) in [6.45, 7) is 3.36. The van der Waals surface area contributed by atoms with E-state index in [0.717, 1.165) is 0 Å². The highest BCUT2D eigenvalue weighted by molar-refractivity contribution is 8.02. The average Bonchev–Trinajstić information content (AvgIpc) is 2.80. The van der Waals surface area contributed by atoms with Crippen molar-refractivity contribution in [3.05, 3.63) is 35.9 Å². The average molecular weight is 385 g/mol. The molecule has 2 heterocycles. The Kier molecular flexibility index (Phi) is 4.50. The topological polar surface area (TPSA) is 133 Å². The lowest BCUT2D eigenvalue weighted by Crippen LogP contribution is -2.69. The molecule has 8 nitrogen and oxygen atoms in total. The molecule has 2 unspecified atom stereocenters. The minimum Gasteiger partial charge on any atom is -0.340 e. The van der Waals surface area contributed by atoms with E-state index in [0.29, 0.717) is 5.56 Å². The lowest BCUT2D eigenvalue weighted by Gasteiger charge is -2.44. The zero-order chi connectivity index (χ0) is 18.6. The lowest BCUT2D eigenvalue weighted by atomic mass is 10.0. The number of nitrogens with zero attached hydrogens (tertiary/aromatic N) is 1. The summed E-state index contributed by atoms with van der Waals surface area (Å²) in [5, 5.41) is 2.11. The standard InChI is InChI=1S/C15H20N3O5PS/c1-15(2)14(24(21,22)23)18-12(20)10(13(18)25-15)17-11(19)9(16)8-6-4-3-5-7-8/h3-7,9-10,13-14H,16H2,1-2H3,(H,17,19)(H2,21,22,23)/t9-,10?,13+,14?/m0/s1. The number of nitrogens with two attached hydrogens (primary N) is 1. The zero-order valence-electron chi connectivity index (χ0n) is 13.7. The Bertz CT molecular complexity index is 753. The van der Waals surface area contributed by atoms with Crippen LogP contribution in [0, 0.1) is 0 Å². The molecule has 0 aromatic heterocycles. The van der Waals surface area contributed by atoms with E-state index in [1.54, 1.807) is 44.2 Å². The molecule has 2 fully saturated rings. The molecule has 136 valence electrons. The molecule has 0 spiro atoms. The molecule has 2 aliphatic rings. The van der Waals surface area contributed by atoms with E-state index in [9.17, 15) is 23.9 Å². The van der Waals surface area contributed by atoms with Gasteiger partial charge in [0.2, 0.25) is 11.8 Å². The summed E-state index contributed by atoms with van der Waals surface area (Å²) in [6.07, 6.45) is 0. The lowest BCUT2D eigenvalue weighted by molar-refractivity contribution is -0.149. The Morgan fingerprint density at radius 1 is 1.36 bits per heavy atom. The minimum atomic E-state index is -4.50. The molecule has 1 aromatic carbocycles. The number of carbonyl (C=O) groups is 2. The van der Waals surface area contributed by atoms with Crippen molar-refractivity contribution in [3.63, 3.8) is 0 Å². The zero-order valence-corrected chi connectivity index (χ0v) is 15.4. The van der Waals surface area contributed by atoms with Crippen LogP contribution in [0.15, 0.2) is 30.3 Å². The second kappa shape index (κ2) is 6.10. The monoisotopic (exact) mass is 385 g/mol. The molecular formula is C15H20N3O5PS. The van der Waals surface area contributed by atoms with Crippen molar-refractivity contribution < 1.29 is 23.9 Å². The highest BCUT2D eigenvalue weighted by Crippen LogP contribution is 2.62. The third-order valence-corrected chi connectivity index (χ3v) is 7.72. The maximum absolute atomic E-state index is 12.4. The summed E-state index contributed by atoms with van der Waals surface area (Å²) in [5.74, 6) is -2.19. The molecule has 5 N–H and O–H groups in total. The van der Waals surface area contributed by atoms with E-state index in [4.69, 9.17) is 5.73 Å². The summed E-state index contributed by atoms with van der Waals surface area (Å²) >= 11 is 1.27. The largest absolute Gasteiger partial charge is 0.349 e. The van der Waals surface area contributed by atoms with Gasteiger partial charge in [0.05, 0.1) is 0 Å². The van der Waals surface area contributed by atoms with Crippen LogP contribution in [0.2, 0.25) is 0 Å². The predicted molar refractivity (Wildman–Crippen MR) is 93.4 cm³/mol. The molecule has 25 heavy (non-hydrogen) atoms. The van der Waals surface area contributed by atoms with Crippen LogP contribution >= 0.6 is 19.4 Å². The van der Waals surface area contributed by atoms with Gasteiger partial charge in [0.25, 0.3) is 0 Å². The molecule has 10 heteroatoms. The number of nitrogens with one attached hydrogen (secondary N) is 1. The smallest absolute Gasteiger partial charge is 0.340 e. The fraction of sp³-hybridized carbons (Fsp3) is 0.467. The van der Waals surface area contributed by atoms with Crippen molar-refractivity contribution >= 4 is 31.2 Å². The van der Waals surface area contributed by atoms with Crippen molar-refractivity contribution in [2.24, 2.45) is 5.73 Å². The van der Waals surface area contributed by atoms with Crippen LogP contribution < -0.4 is 11.1 Å². The highest BCUT2D eigenvalue weighted by Gasteiger charge is 2.66. The predicted octanol–water partition coefficient (Wildman–Crippen LogP) is 0.369. The van der Waals surface area contributed by atoms with E-state index in [1.807, 2.05) is 0 Å². The van der Waals surface area contributed by atoms with Crippen LogP contribution in [-0.2, 0) is 14.2 Å². The van der Waals surface area contributed by atoms with Crippen LogP contribution in [0.1, 0.15) is 25.5 Å². The van der Waals surface area contributed by atoms with E-state index in [1.165, 1.54) is 16.7 Å². The third-order valence-electron chi connectivity index (χ3n) is 4.45. The van der Waals surface area contributed by atoms with Gasteiger partial charge in [-0.3, -0.25) is 14.2 Å². The second-order valence-corrected chi connectivity index (χ2v) is 10.1. The summed E-state index contributed by atoms with van der Waals surface area (Å²) in [6, 6.07) is 7.02. The number of fused-ring (bicyclic) bond motifs is 1. The van der Waals surface area contributed by atoms with Crippen molar-refractivity contribution in [3.8, 4) is 0 Å². The third kappa shape index (κ3) is 3.11. The van der Waals surface area contributed by atoms with Gasteiger partial charge >= 0.3 is 7.60 Å². The number of hydrogen-bond acceptors (Lipinski definition) is 5. The van der Waals surface area contributed by atoms with Gasteiger partial charge < -0.3 is 25.7 Å². The molecule has 0 saturated carbocycles. The Balaban J connectivity index is 1.74.